The lowest BCUT2D eigenvalue weighted by atomic mass is 9.68. The van der Waals surface area contributed by atoms with Crippen molar-refractivity contribution in [2.45, 2.75) is 76.5 Å². The molecule has 0 unspecified atom stereocenters. The molecule has 160 valence electrons. The van der Waals surface area contributed by atoms with Crippen LogP contribution in [0.25, 0.3) is 11.1 Å². The van der Waals surface area contributed by atoms with Crippen LogP contribution in [0.2, 0.25) is 0 Å². The number of hydrogen-bond acceptors (Lipinski definition) is 0. The Morgan fingerprint density at radius 3 is 1.83 bits per heavy atom. The molecule has 0 atom stereocenters. The van der Waals surface area contributed by atoms with Gasteiger partial charge in [-0.15, -0.1) is 6.58 Å². The Hall–Kier alpha value is -1.89. The molecule has 0 nitrogen and oxygen atoms in total. The lowest BCUT2D eigenvalue weighted by Crippen LogP contribution is -2.25. The molecule has 0 bridgehead atoms. The van der Waals surface area contributed by atoms with Gasteiger partial charge in [0.2, 0.25) is 0 Å². The van der Waals surface area contributed by atoms with Gasteiger partial charge in [0.1, 0.15) is 5.82 Å². The molecule has 2 aromatic rings. The Morgan fingerprint density at radius 2 is 1.27 bits per heavy atom. The van der Waals surface area contributed by atoms with E-state index in [0.717, 1.165) is 29.2 Å². The zero-order valence-electron chi connectivity index (χ0n) is 18.4. The Morgan fingerprint density at radius 1 is 0.733 bits per heavy atom. The third-order valence-corrected chi connectivity index (χ3v) is 7.91. The van der Waals surface area contributed by atoms with E-state index in [4.69, 9.17) is 0 Å². The highest BCUT2D eigenvalue weighted by atomic mass is 19.1. The molecular formula is C29H37F. The van der Waals surface area contributed by atoms with Crippen LogP contribution in [0.5, 0.6) is 0 Å². The first-order valence-corrected chi connectivity index (χ1v) is 12.2. The van der Waals surface area contributed by atoms with Gasteiger partial charge < -0.3 is 0 Å². The summed E-state index contributed by atoms with van der Waals surface area (Å²) < 4.78 is 13.2. The van der Waals surface area contributed by atoms with E-state index in [9.17, 15) is 4.39 Å². The smallest absolute Gasteiger partial charge is 0.123 e. The highest BCUT2D eigenvalue weighted by Crippen LogP contribution is 2.44. The van der Waals surface area contributed by atoms with Crippen LogP contribution in [-0.2, 0) is 0 Å². The van der Waals surface area contributed by atoms with Crippen molar-refractivity contribution in [3.63, 3.8) is 0 Å². The quantitative estimate of drug-likeness (QED) is 0.319. The summed E-state index contributed by atoms with van der Waals surface area (Å²) >= 11 is 0. The average Bonchev–Trinajstić information content (AvgIpc) is 2.81. The number of hydrogen-bond donors (Lipinski definition) is 0. The molecule has 0 spiro atoms. The maximum atomic E-state index is 13.2. The second kappa shape index (κ2) is 10.4. The largest absolute Gasteiger partial charge is 0.207 e. The zero-order valence-corrected chi connectivity index (χ0v) is 18.4. The Kier molecular flexibility index (Phi) is 7.42. The predicted octanol–water partition coefficient (Wildman–Crippen LogP) is 8.93. The van der Waals surface area contributed by atoms with Gasteiger partial charge in [-0.2, -0.15) is 0 Å². The van der Waals surface area contributed by atoms with Gasteiger partial charge in [-0.1, -0.05) is 61.7 Å². The van der Waals surface area contributed by atoms with Crippen LogP contribution in [0.3, 0.4) is 0 Å². The summed E-state index contributed by atoms with van der Waals surface area (Å²) in [5.74, 6) is 3.49. The fraction of sp³-hybridized carbons (Fsp3) is 0.517. The average molecular weight is 405 g/mol. The van der Waals surface area contributed by atoms with E-state index in [1.54, 1.807) is 12.1 Å². The summed E-state index contributed by atoms with van der Waals surface area (Å²) in [5, 5.41) is 0. The molecule has 0 radical (unpaired) electrons. The van der Waals surface area contributed by atoms with E-state index >= 15 is 0 Å². The van der Waals surface area contributed by atoms with Gasteiger partial charge in [0, 0.05) is 0 Å². The summed E-state index contributed by atoms with van der Waals surface area (Å²) in [6.07, 6.45) is 17.4. The molecule has 2 saturated carbocycles. The van der Waals surface area contributed by atoms with Crippen molar-refractivity contribution in [3.8, 4) is 11.1 Å². The molecule has 2 aliphatic rings. The van der Waals surface area contributed by atoms with Crippen LogP contribution in [-0.4, -0.2) is 0 Å². The van der Waals surface area contributed by atoms with Gasteiger partial charge in [0.25, 0.3) is 0 Å². The number of unbranched alkanes of at least 4 members (excludes halogenated alkanes) is 1. The fourth-order valence-corrected chi connectivity index (χ4v) is 6.01. The SMILES string of the molecule is C=CCCCC1CCC(C2CCC(c3ccc(-c4ccc(F)cc4)cc3)CC2)CC1. The van der Waals surface area contributed by atoms with E-state index in [2.05, 4.69) is 36.9 Å². The minimum atomic E-state index is -0.173. The molecule has 0 heterocycles. The minimum absolute atomic E-state index is 0.173. The lowest BCUT2D eigenvalue weighted by molar-refractivity contribution is 0.156. The van der Waals surface area contributed by atoms with Crippen molar-refractivity contribution in [1.29, 1.82) is 0 Å². The first-order valence-electron chi connectivity index (χ1n) is 12.2. The Bertz CT molecular complexity index is 772. The van der Waals surface area contributed by atoms with Crippen molar-refractivity contribution in [2.24, 2.45) is 17.8 Å². The monoisotopic (exact) mass is 404 g/mol. The van der Waals surface area contributed by atoms with Crippen molar-refractivity contribution in [1.82, 2.24) is 0 Å². The third-order valence-electron chi connectivity index (χ3n) is 7.91. The zero-order chi connectivity index (χ0) is 20.8. The topological polar surface area (TPSA) is 0 Å². The van der Waals surface area contributed by atoms with E-state index < -0.39 is 0 Å². The van der Waals surface area contributed by atoms with Crippen molar-refractivity contribution < 1.29 is 4.39 Å². The van der Waals surface area contributed by atoms with Crippen LogP contribution < -0.4 is 0 Å². The van der Waals surface area contributed by atoms with Gasteiger partial charge >= 0.3 is 0 Å². The number of halogens is 1. The first kappa shape index (κ1) is 21.3. The number of allylic oxidation sites excluding steroid dienone is 1. The van der Waals surface area contributed by atoms with E-state index in [-0.39, 0.29) is 5.82 Å². The van der Waals surface area contributed by atoms with Crippen LogP contribution in [0, 0.1) is 23.6 Å². The lowest BCUT2D eigenvalue weighted by Gasteiger charge is -2.38. The molecule has 0 aliphatic heterocycles. The second-order valence-electron chi connectivity index (χ2n) is 9.74. The Balaban J connectivity index is 1.25. The Labute approximate surface area is 182 Å². The van der Waals surface area contributed by atoms with E-state index in [1.807, 2.05) is 12.1 Å². The fourth-order valence-electron chi connectivity index (χ4n) is 6.01. The van der Waals surface area contributed by atoms with Gasteiger partial charge in [-0.3, -0.25) is 0 Å². The van der Waals surface area contributed by atoms with Crippen LogP contribution in [0.15, 0.2) is 61.2 Å². The van der Waals surface area contributed by atoms with E-state index in [1.165, 1.54) is 81.8 Å². The van der Waals surface area contributed by atoms with Crippen LogP contribution in [0.4, 0.5) is 4.39 Å². The number of benzene rings is 2. The highest BCUT2D eigenvalue weighted by molar-refractivity contribution is 5.63. The standard InChI is InChI=1S/C29H37F/c1-2-3-4-5-22-6-8-23(9-7-22)24-10-12-25(13-11-24)26-14-16-27(17-15-26)28-18-20-29(30)21-19-28/h2,14-25H,1,3-13H2. The van der Waals surface area contributed by atoms with E-state index in [0.29, 0.717) is 0 Å². The molecule has 0 saturated heterocycles. The maximum Gasteiger partial charge on any atom is 0.123 e. The summed E-state index contributed by atoms with van der Waals surface area (Å²) in [7, 11) is 0. The summed E-state index contributed by atoms with van der Waals surface area (Å²) in [5.41, 5.74) is 3.76. The molecular weight excluding hydrogens is 367 g/mol. The predicted molar refractivity (Wildman–Crippen MR) is 126 cm³/mol. The van der Waals surface area contributed by atoms with Crippen LogP contribution in [0.1, 0.15) is 82.1 Å². The molecule has 0 amide bonds. The van der Waals surface area contributed by atoms with Crippen LogP contribution >= 0.6 is 0 Å². The molecule has 2 aromatic carbocycles. The van der Waals surface area contributed by atoms with Gasteiger partial charge in [0.15, 0.2) is 0 Å². The summed E-state index contributed by atoms with van der Waals surface area (Å²) in [4.78, 5) is 0. The van der Waals surface area contributed by atoms with Gasteiger partial charge in [-0.25, -0.2) is 4.39 Å². The molecule has 2 aliphatic carbocycles. The minimum Gasteiger partial charge on any atom is -0.207 e. The molecule has 4 rings (SSSR count). The highest BCUT2D eigenvalue weighted by Gasteiger charge is 2.31. The van der Waals surface area contributed by atoms with Gasteiger partial charge in [-0.05, 0) is 104 Å². The first-order chi connectivity index (χ1) is 14.7. The van der Waals surface area contributed by atoms with Gasteiger partial charge in [0.05, 0.1) is 0 Å². The van der Waals surface area contributed by atoms with Crippen molar-refractivity contribution in [3.05, 3.63) is 72.6 Å². The third kappa shape index (κ3) is 5.42. The summed E-state index contributed by atoms with van der Waals surface area (Å²) in [6.45, 7) is 3.85. The molecule has 2 fully saturated rings. The molecule has 1 heteroatoms. The maximum absolute atomic E-state index is 13.2. The van der Waals surface area contributed by atoms with Crippen molar-refractivity contribution in [2.75, 3.05) is 0 Å². The second-order valence-corrected chi connectivity index (χ2v) is 9.74. The molecule has 0 aromatic heterocycles. The molecule has 0 N–H and O–H groups in total. The summed E-state index contributed by atoms with van der Waals surface area (Å²) in [6, 6.07) is 15.8. The van der Waals surface area contributed by atoms with Crippen molar-refractivity contribution >= 4 is 0 Å². The normalized spacial score (nSPS) is 27.0. The number of rotatable bonds is 7. The molecule has 30 heavy (non-hydrogen) atoms.